The van der Waals surface area contributed by atoms with Gasteiger partial charge in [0.15, 0.2) is 0 Å². The predicted molar refractivity (Wildman–Crippen MR) is 79.1 cm³/mol. The van der Waals surface area contributed by atoms with Crippen molar-refractivity contribution in [2.45, 2.75) is 13.0 Å². The van der Waals surface area contributed by atoms with Crippen LogP contribution in [0.3, 0.4) is 0 Å². The number of halogens is 1. The van der Waals surface area contributed by atoms with Crippen LogP contribution in [0.4, 0.5) is 5.82 Å². The van der Waals surface area contributed by atoms with E-state index >= 15 is 0 Å². The van der Waals surface area contributed by atoms with E-state index in [-0.39, 0.29) is 0 Å². The van der Waals surface area contributed by atoms with Crippen LogP contribution in [0.5, 0.6) is 0 Å². The summed E-state index contributed by atoms with van der Waals surface area (Å²) >= 11 is 2.15. The van der Waals surface area contributed by atoms with Crippen LogP contribution in [0.1, 0.15) is 17.1 Å². The lowest BCUT2D eigenvalue weighted by Crippen LogP contribution is -2.08. The Labute approximate surface area is 120 Å². The first-order chi connectivity index (χ1) is 8.70. The minimum absolute atomic E-state index is 0.451. The molecule has 0 aliphatic rings. The first-order valence-electron chi connectivity index (χ1n) is 5.54. The van der Waals surface area contributed by atoms with E-state index in [0.717, 1.165) is 15.1 Å². The third-order valence-corrected chi connectivity index (χ3v) is 3.65. The highest BCUT2D eigenvalue weighted by Gasteiger charge is 2.10. The Balaban J connectivity index is 2.28. The second-order valence-electron chi connectivity index (χ2n) is 3.88. The maximum Gasteiger partial charge on any atom is 0.141 e. The summed E-state index contributed by atoms with van der Waals surface area (Å²) in [5.74, 6) is 1.25. The average molecular weight is 355 g/mol. The van der Waals surface area contributed by atoms with Gasteiger partial charge in [0.05, 0.1) is 15.9 Å². The summed E-state index contributed by atoms with van der Waals surface area (Å²) in [5, 5.41) is 0. The van der Waals surface area contributed by atoms with Crippen LogP contribution in [0.25, 0.3) is 0 Å². The second kappa shape index (κ2) is 6.10. The zero-order valence-electron chi connectivity index (χ0n) is 10.1. The van der Waals surface area contributed by atoms with Crippen molar-refractivity contribution in [1.82, 2.24) is 9.97 Å². The first kappa shape index (κ1) is 13.2. The van der Waals surface area contributed by atoms with Gasteiger partial charge in [0.25, 0.3) is 0 Å². The molecule has 0 aliphatic carbocycles. The molecule has 0 atom stereocenters. The van der Waals surface area contributed by atoms with Crippen molar-refractivity contribution in [1.29, 1.82) is 0 Å². The molecule has 0 unspecified atom stereocenters. The van der Waals surface area contributed by atoms with Gasteiger partial charge < -0.3 is 10.5 Å². The number of nitrogen functional groups attached to an aromatic ring is 1. The summed E-state index contributed by atoms with van der Waals surface area (Å²) < 4.78 is 5.99. The van der Waals surface area contributed by atoms with E-state index in [4.69, 9.17) is 10.5 Å². The summed E-state index contributed by atoms with van der Waals surface area (Å²) in [5.41, 5.74) is 7.90. The minimum Gasteiger partial charge on any atom is -0.383 e. The molecule has 0 saturated heterocycles. The van der Waals surface area contributed by atoms with Gasteiger partial charge >= 0.3 is 0 Å². The van der Waals surface area contributed by atoms with E-state index in [2.05, 4.69) is 32.6 Å². The number of hydrogen-bond acceptors (Lipinski definition) is 4. The van der Waals surface area contributed by atoms with E-state index in [0.29, 0.717) is 18.8 Å². The maximum absolute atomic E-state index is 5.89. The molecular weight excluding hydrogens is 341 g/mol. The first-order valence-corrected chi connectivity index (χ1v) is 6.62. The largest absolute Gasteiger partial charge is 0.383 e. The third-order valence-electron chi connectivity index (χ3n) is 2.48. The molecular formula is C13H14IN3O. The molecule has 2 rings (SSSR count). The maximum atomic E-state index is 5.89. The predicted octanol–water partition coefficient (Wildman–Crippen LogP) is 2.40. The summed E-state index contributed by atoms with van der Waals surface area (Å²) in [4.78, 5) is 8.81. The molecule has 4 nitrogen and oxygen atoms in total. The van der Waals surface area contributed by atoms with Crippen LogP contribution in [0, 0.1) is 3.57 Å². The summed E-state index contributed by atoms with van der Waals surface area (Å²) in [6, 6.07) is 10.1. The molecule has 0 spiro atoms. The highest BCUT2D eigenvalue weighted by atomic mass is 127. The number of rotatable bonds is 4. The van der Waals surface area contributed by atoms with E-state index in [9.17, 15) is 0 Å². The quantitative estimate of drug-likeness (QED) is 0.856. The van der Waals surface area contributed by atoms with E-state index < -0.39 is 0 Å². The summed E-state index contributed by atoms with van der Waals surface area (Å²) in [7, 11) is 1.64. The number of nitrogens with zero attached hydrogens (tertiary/aromatic N) is 2. The SMILES string of the molecule is COCc1nc(Cc2ccccc2)nc(N)c1I. The summed E-state index contributed by atoms with van der Waals surface area (Å²) in [6.45, 7) is 0.451. The molecule has 1 aromatic carbocycles. The van der Waals surface area contributed by atoms with Gasteiger partial charge in [0.2, 0.25) is 0 Å². The highest BCUT2D eigenvalue weighted by Crippen LogP contribution is 2.18. The molecule has 0 amide bonds. The Kier molecular flexibility index (Phi) is 4.48. The fraction of sp³-hybridized carbons (Fsp3) is 0.231. The smallest absolute Gasteiger partial charge is 0.141 e. The molecule has 1 aromatic heterocycles. The Morgan fingerprint density at radius 1 is 1.22 bits per heavy atom. The zero-order valence-corrected chi connectivity index (χ0v) is 12.2. The second-order valence-corrected chi connectivity index (χ2v) is 4.96. The number of aromatic nitrogens is 2. The van der Waals surface area contributed by atoms with Crippen LogP contribution in [-0.2, 0) is 17.8 Å². The molecule has 5 heteroatoms. The van der Waals surface area contributed by atoms with Crippen molar-refractivity contribution in [3.05, 3.63) is 51.0 Å². The molecule has 0 bridgehead atoms. The number of ether oxygens (including phenoxy) is 1. The number of anilines is 1. The lowest BCUT2D eigenvalue weighted by Gasteiger charge is -2.08. The zero-order chi connectivity index (χ0) is 13.0. The Morgan fingerprint density at radius 3 is 2.61 bits per heavy atom. The molecule has 0 aliphatic heterocycles. The molecule has 1 heterocycles. The van der Waals surface area contributed by atoms with Gasteiger partial charge in [-0.1, -0.05) is 30.3 Å². The fourth-order valence-electron chi connectivity index (χ4n) is 1.66. The van der Waals surface area contributed by atoms with E-state index in [1.165, 1.54) is 5.56 Å². The van der Waals surface area contributed by atoms with Crippen molar-refractivity contribution < 1.29 is 4.74 Å². The standard InChI is InChI=1S/C13H14IN3O/c1-18-8-10-12(14)13(15)17-11(16-10)7-9-5-3-2-4-6-9/h2-6H,7-8H2,1H3,(H2,15,16,17). The normalized spacial score (nSPS) is 10.6. The number of nitrogens with two attached hydrogens (primary N) is 1. The van der Waals surface area contributed by atoms with E-state index in [1.807, 2.05) is 30.3 Å². The van der Waals surface area contributed by atoms with Crippen LogP contribution in [0.15, 0.2) is 30.3 Å². The topological polar surface area (TPSA) is 61.0 Å². The number of methoxy groups -OCH3 is 1. The Bertz CT molecular complexity index is 531. The van der Waals surface area contributed by atoms with Gasteiger partial charge in [-0.3, -0.25) is 0 Å². The number of hydrogen-bond donors (Lipinski definition) is 1. The molecule has 18 heavy (non-hydrogen) atoms. The van der Waals surface area contributed by atoms with Crippen LogP contribution in [-0.4, -0.2) is 17.1 Å². The Hall–Kier alpha value is -1.21. The molecule has 0 radical (unpaired) electrons. The monoisotopic (exact) mass is 355 g/mol. The van der Waals surface area contributed by atoms with Gasteiger partial charge in [-0.15, -0.1) is 0 Å². The van der Waals surface area contributed by atoms with Gasteiger partial charge in [0, 0.05) is 13.5 Å². The summed E-state index contributed by atoms with van der Waals surface area (Å²) in [6.07, 6.45) is 0.679. The van der Waals surface area contributed by atoms with Gasteiger partial charge in [-0.25, -0.2) is 9.97 Å². The van der Waals surface area contributed by atoms with Gasteiger partial charge in [-0.05, 0) is 28.2 Å². The highest BCUT2D eigenvalue weighted by molar-refractivity contribution is 14.1. The lowest BCUT2D eigenvalue weighted by molar-refractivity contribution is 0.180. The van der Waals surface area contributed by atoms with Crippen molar-refractivity contribution in [2.75, 3.05) is 12.8 Å². The minimum atomic E-state index is 0.451. The van der Waals surface area contributed by atoms with Crippen molar-refractivity contribution in [3.8, 4) is 0 Å². The Morgan fingerprint density at radius 2 is 1.94 bits per heavy atom. The average Bonchev–Trinajstić information content (AvgIpc) is 2.37. The van der Waals surface area contributed by atoms with Crippen LogP contribution >= 0.6 is 22.6 Å². The molecule has 2 N–H and O–H groups in total. The molecule has 0 saturated carbocycles. The number of benzene rings is 1. The van der Waals surface area contributed by atoms with Crippen molar-refractivity contribution in [3.63, 3.8) is 0 Å². The lowest BCUT2D eigenvalue weighted by atomic mass is 10.1. The van der Waals surface area contributed by atoms with Crippen LogP contribution < -0.4 is 5.73 Å². The fourth-order valence-corrected chi connectivity index (χ4v) is 2.05. The van der Waals surface area contributed by atoms with Gasteiger partial charge in [0.1, 0.15) is 11.6 Å². The third kappa shape index (κ3) is 3.17. The van der Waals surface area contributed by atoms with E-state index in [1.54, 1.807) is 7.11 Å². The molecule has 0 fully saturated rings. The molecule has 2 aromatic rings. The van der Waals surface area contributed by atoms with Gasteiger partial charge in [-0.2, -0.15) is 0 Å². The van der Waals surface area contributed by atoms with Crippen molar-refractivity contribution >= 4 is 28.4 Å². The molecule has 94 valence electrons. The van der Waals surface area contributed by atoms with Crippen LogP contribution in [0.2, 0.25) is 0 Å². The van der Waals surface area contributed by atoms with Crippen molar-refractivity contribution in [2.24, 2.45) is 0 Å².